The van der Waals surface area contributed by atoms with E-state index >= 15 is 0 Å². The maximum Gasteiger partial charge on any atom is 1.00 e. The van der Waals surface area contributed by atoms with Crippen LogP contribution in [-0.2, 0) is 12.8 Å². The molecule has 0 aliphatic carbocycles. The van der Waals surface area contributed by atoms with Gasteiger partial charge in [0, 0.05) is 22.9 Å². The summed E-state index contributed by atoms with van der Waals surface area (Å²) in [5.74, 6) is 0.826. The van der Waals surface area contributed by atoms with Crippen LogP contribution in [0.25, 0.3) is 22.3 Å². The summed E-state index contributed by atoms with van der Waals surface area (Å²) in [5.41, 5.74) is 7.48. The molecule has 0 amide bonds. The SMILES string of the molecule is O=C(c1cccc(-c2ccccc2)c1)c1nnc(Cc2ccc(Br)cc2)o1.OC(c1cccc(-c2ccccc2)c1)c1nnc(Cc2ccc(Br)cc2)o1.[B].[H-].[Na+]. The number of benzene rings is 6. The molecule has 6 aromatic carbocycles. The second-order valence-electron chi connectivity index (χ2n) is 12.3. The Kier molecular flexibility index (Phi) is 15.5. The van der Waals surface area contributed by atoms with E-state index in [1.54, 1.807) is 6.07 Å². The van der Waals surface area contributed by atoms with E-state index in [9.17, 15) is 9.90 Å². The molecule has 12 heteroatoms. The predicted octanol–water partition coefficient (Wildman–Crippen LogP) is 7.23. The largest absolute Gasteiger partial charge is 1.00 e. The summed E-state index contributed by atoms with van der Waals surface area (Å²) in [6.07, 6.45) is 0.0501. The van der Waals surface area contributed by atoms with Crippen LogP contribution in [0.2, 0.25) is 0 Å². The van der Waals surface area contributed by atoms with Crippen LogP contribution in [0, 0.1) is 0 Å². The van der Waals surface area contributed by atoms with Crippen LogP contribution in [0.4, 0.5) is 0 Å². The molecule has 8 rings (SSSR count). The Bertz CT molecular complexity index is 2470. The Labute approximate surface area is 367 Å². The van der Waals surface area contributed by atoms with E-state index < -0.39 is 6.10 Å². The number of aromatic nitrogens is 4. The van der Waals surface area contributed by atoms with Crippen molar-refractivity contribution in [2.75, 3.05) is 0 Å². The van der Waals surface area contributed by atoms with Gasteiger partial charge in [-0.3, -0.25) is 4.79 Å². The number of halogens is 2. The molecule has 0 saturated carbocycles. The van der Waals surface area contributed by atoms with Crippen LogP contribution in [-0.4, -0.2) is 39.7 Å². The van der Waals surface area contributed by atoms with Gasteiger partial charge in [0.1, 0.15) is 0 Å². The number of rotatable bonds is 10. The standard InChI is InChI=1S/C22H17BrN2O2.C22H15BrN2O2.B.Na.H/c2*23-19-11-9-15(10-12-19)13-20-24-25-22(27-20)21(26)18-8-4-7-17(14-18)16-5-2-1-3-6-16;;;/h1-12,14,21,26H,13H2;1-12,14H,13H2;;;/q;;;+1;-1. The van der Waals surface area contributed by atoms with E-state index in [0.29, 0.717) is 30.2 Å². The summed E-state index contributed by atoms with van der Waals surface area (Å²) >= 11 is 6.82. The van der Waals surface area contributed by atoms with Crippen molar-refractivity contribution in [3.05, 3.63) is 212 Å². The minimum Gasteiger partial charge on any atom is -1.00 e. The van der Waals surface area contributed by atoms with Gasteiger partial charge in [0.05, 0.1) is 12.8 Å². The summed E-state index contributed by atoms with van der Waals surface area (Å²) in [6.45, 7) is 0. The van der Waals surface area contributed by atoms with Crippen molar-refractivity contribution < 1.29 is 49.7 Å². The zero-order chi connectivity index (χ0) is 37.3. The Balaban J connectivity index is 0.000000240. The second kappa shape index (κ2) is 20.4. The van der Waals surface area contributed by atoms with Gasteiger partial charge in [0.2, 0.25) is 23.5 Å². The van der Waals surface area contributed by atoms with Crippen LogP contribution < -0.4 is 29.6 Å². The first kappa shape index (κ1) is 42.4. The van der Waals surface area contributed by atoms with Gasteiger partial charge >= 0.3 is 29.6 Å². The van der Waals surface area contributed by atoms with Gasteiger partial charge in [0.25, 0.3) is 5.89 Å². The summed E-state index contributed by atoms with van der Waals surface area (Å²) in [7, 11) is 0. The molecule has 1 N–H and O–H groups in total. The van der Waals surface area contributed by atoms with E-state index in [-0.39, 0.29) is 57.0 Å². The molecule has 2 heterocycles. The van der Waals surface area contributed by atoms with E-state index in [1.807, 2.05) is 152 Å². The number of hydrogen-bond acceptors (Lipinski definition) is 8. The molecule has 0 bridgehead atoms. The Morgan fingerprint density at radius 2 is 1.05 bits per heavy atom. The van der Waals surface area contributed by atoms with Gasteiger partial charge in [-0.2, -0.15) is 0 Å². The van der Waals surface area contributed by atoms with Crippen LogP contribution in [0.5, 0.6) is 0 Å². The summed E-state index contributed by atoms with van der Waals surface area (Å²) < 4.78 is 13.3. The molecule has 8 nitrogen and oxygen atoms in total. The van der Waals surface area contributed by atoms with Crippen LogP contribution in [0.3, 0.4) is 0 Å². The molecule has 1 atom stereocenters. The van der Waals surface area contributed by atoms with Crippen molar-refractivity contribution in [1.82, 2.24) is 20.4 Å². The fourth-order valence-electron chi connectivity index (χ4n) is 5.67. The normalized spacial score (nSPS) is 11.0. The first-order chi connectivity index (χ1) is 26.4. The van der Waals surface area contributed by atoms with Crippen molar-refractivity contribution in [3.63, 3.8) is 0 Å². The summed E-state index contributed by atoms with van der Waals surface area (Å²) in [5, 5.41) is 26.7. The Morgan fingerprint density at radius 3 is 1.62 bits per heavy atom. The van der Waals surface area contributed by atoms with E-state index in [0.717, 1.165) is 47.9 Å². The fourth-order valence-corrected chi connectivity index (χ4v) is 6.20. The molecule has 0 saturated heterocycles. The first-order valence-electron chi connectivity index (χ1n) is 17.0. The Hall–Kier alpha value is -4.75. The molecular weight excluding hydrogens is 842 g/mol. The van der Waals surface area contributed by atoms with Crippen LogP contribution >= 0.6 is 31.9 Å². The van der Waals surface area contributed by atoms with Gasteiger partial charge in [-0.1, -0.05) is 153 Å². The third-order valence-corrected chi connectivity index (χ3v) is 9.51. The quantitative estimate of drug-likeness (QED) is 0.113. The fraction of sp³-hybridized carbons (Fsp3) is 0.0682. The number of ketones is 1. The molecule has 271 valence electrons. The molecule has 0 aliphatic rings. The maximum atomic E-state index is 12.7. The molecule has 1 unspecified atom stereocenters. The average molecular weight is 875 g/mol. The van der Waals surface area contributed by atoms with E-state index in [2.05, 4.69) is 52.3 Å². The minimum absolute atomic E-state index is 0. The van der Waals surface area contributed by atoms with Gasteiger partial charge < -0.3 is 15.4 Å². The number of aliphatic hydroxyl groups excluding tert-OH is 1. The van der Waals surface area contributed by atoms with Crippen molar-refractivity contribution in [1.29, 1.82) is 0 Å². The third kappa shape index (κ3) is 11.2. The minimum atomic E-state index is -0.958. The molecule has 2 aromatic heterocycles. The van der Waals surface area contributed by atoms with Crippen molar-refractivity contribution in [2.45, 2.75) is 18.9 Å². The molecule has 0 aliphatic heterocycles. The van der Waals surface area contributed by atoms with Crippen LogP contribution in [0.15, 0.2) is 176 Å². The zero-order valence-corrected chi connectivity index (χ0v) is 35.5. The molecule has 0 fully saturated rings. The van der Waals surface area contributed by atoms with Gasteiger partial charge in [-0.15, -0.1) is 20.4 Å². The summed E-state index contributed by atoms with van der Waals surface area (Å²) in [6, 6.07) is 50.9. The van der Waals surface area contributed by atoms with Gasteiger partial charge in [-0.05, 0) is 75.3 Å². The maximum absolute atomic E-state index is 12.7. The number of aliphatic hydroxyl groups is 1. The Morgan fingerprint density at radius 1 is 0.571 bits per heavy atom. The summed E-state index contributed by atoms with van der Waals surface area (Å²) in [4.78, 5) is 12.7. The smallest absolute Gasteiger partial charge is 1.00 e. The predicted molar refractivity (Wildman–Crippen MR) is 221 cm³/mol. The number of carbonyl (C=O) groups excluding carboxylic acids is 1. The molecular formula is C44H33BBr2N4NaO4. The second-order valence-corrected chi connectivity index (χ2v) is 14.1. The molecule has 8 aromatic rings. The van der Waals surface area contributed by atoms with Gasteiger partial charge in [-0.25, -0.2) is 0 Å². The monoisotopic (exact) mass is 873 g/mol. The number of nitrogens with zero attached hydrogens (tertiary/aromatic N) is 4. The zero-order valence-electron chi connectivity index (χ0n) is 31.3. The van der Waals surface area contributed by atoms with E-state index in [1.165, 1.54) is 0 Å². The topological polar surface area (TPSA) is 115 Å². The van der Waals surface area contributed by atoms with Crippen molar-refractivity contribution in [3.8, 4) is 22.3 Å². The van der Waals surface area contributed by atoms with Crippen molar-refractivity contribution >= 4 is 46.1 Å². The van der Waals surface area contributed by atoms with Crippen molar-refractivity contribution in [2.24, 2.45) is 0 Å². The van der Waals surface area contributed by atoms with Gasteiger partial charge in [0.15, 0.2) is 6.10 Å². The van der Waals surface area contributed by atoms with E-state index in [4.69, 9.17) is 8.83 Å². The molecule has 0 spiro atoms. The molecule has 56 heavy (non-hydrogen) atoms. The van der Waals surface area contributed by atoms with Crippen LogP contribution in [0.1, 0.15) is 58.1 Å². The first-order valence-corrected chi connectivity index (χ1v) is 18.6. The molecule has 3 radical (unpaired) electrons. The third-order valence-electron chi connectivity index (χ3n) is 8.46. The number of carbonyl (C=O) groups is 1. The number of hydrogen-bond donors (Lipinski definition) is 1. The average Bonchev–Trinajstić information content (AvgIpc) is 3.90.